The normalized spacial score (nSPS) is 22.0. The molecule has 1 aliphatic heterocycles. The Morgan fingerprint density at radius 3 is 2.40 bits per heavy atom. The van der Waals surface area contributed by atoms with Crippen molar-refractivity contribution in [3.63, 3.8) is 0 Å². The van der Waals surface area contributed by atoms with Gasteiger partial charge in [-0.3, -0.25) is 4.79 Å². The molecule has 0 aromatic heterocycles. The number of halogens is 1. The zero-order chi connectivity index (χ0) is 34.6. The molecule has 1 saturated carbocycles. The van der Waals surface area contributed by atoms with Crippen molar-refractivity contribution in [2.24, 2.45) is 5.92 Å². The lowest BCUT2D eigenvalue weighted by atomic mass is 9.96. The third kappa shape index (κ3) is 10.8. The maximum absolute atomic E-state index is 14.3. The van der Waals surface area contributed by atoms with Gasteiger partial charge in [0.15, 0.2) is 0 Å². The molecule has 2 aromatic carbocycles. The number of nitrogens with zero attached hydrogens (tertiary/aromatic N) is 2. The maximum Gasteiger partial charge on any atom is 0.321 e. The maximum atomic E-state index is 14.3. The number of aliphatic hydroxyl groups is 1. The molecular formula is C36H52FN5O6. The second-order valence-electron chi connectivity index (χ2n) is 13.3. The Bertz CT molecular complexity index is 1350. The number of carbonyl (C=O) groups is 3. The summed E-state index contributed by atoms with van der Waals surface area (Å²) in [5.74, 6) is -0.565. The summed E-state index contributed by atoms with van der Waals surface area (Å²) in [6.45, 7) is 6.36. The van der Waals surface area contributed by atoms with E-state index in [9.17, 15) is 23.9 Å². The first-order chi connectivity index (χ1) is 23.0. The number of aliphatic hydroxyl groups excluding tert-OH is 1. The van der Waals surface area contributed by atoms with Crippen LogP contribution in [0.5, 0.6) is 5.75 Å². The lowest BCUT2D eigenvalue weighted by Gasteiger charge is -2.35. The van der Waals surface area contributed by atoms with Crippen LogP contribution in [-0.4, -0.2) is 90.5 Å². The van der Waals surface area contributed by atoms with E-state index in [1.165, 1.54) is 35.6 Å². The van der Waals surface area contributed by atoms with Gasteiger partial charge in [-0.15, -0.1) is 0 Å². The first-order valence-corrected chi connectivity index (χ1v) is 17.2. The standard InChI is InChI=1S/C36H52FN5O6/c1-24-21-42(25(2)23-43)34(44)31-20-30(39-35(45)38-28-11-6-5-7-12-28)17-18-32(31)48-26(3)10-8-9-19-47-33(24)22-41(4)36(46)40-29-15-13-27(37)14-16-29/h13-18,20,24-26,28,33,43H,5-12,19,21-23H2,1-4H3,(H,40,46)(H2,38,39,45)/t24-,25+,26-,33+/m1/s1. The molecule has 2 aromatic rings. The molecule has 4 rings (SSSR count). The highest BCUT2D eigenvalue weighted by molar-refractivity contribution is 5.99. The van der Waals surface area contributed by atoms with Crippen molar-refractivity contribution >= 4 is 29.3 Å². The van der Waals surface area contributed by atoms with Gasteiger partial charge < -0.3 is 40.3 Å². The van der Waals surface area contributed by atoms with E-state index in [2.05, 4.69) is 16.0 Å². The zero-order valence-electron chi connectivity index (χ0n) is 28.7. The van der Waals surface area contributed by atoms with Gasteiger partial charge in [-0.25, -0.2) is 14.0 Å². The number of nitrogens with one attached hydrogen (secondary N) is 3. The summed E-state index contributed by atoms with van der Waals surface area (Å²) in [7, 11) is 1.66. The molecule has 12 heteroatoms. The summed E-state index contributed by atoms with van der Waals surface area (Å²) in [4.78, 5) is 43.3. The second kappa shape index (κ2) is 18.0. The van der Waals surface area contributed by atoms with Gasteiger partial charge >= 0.3 is 12.1 Å². The molecule has 2 aliphatic rings. The number of hydrogen-bond acceptors (Lipinski definition) is 6. The van der Waals surface area contributed by atoms with Gasteiger partial charge in [-0.1, -0.05) is 26.2 Å². The Hall–Kier alpha value is -3.90. The fraction of sp³-hybridized carbons (Fsp3) is 0.583. The molecule has 0 unspecified atom stereocenters. The van der Waals surface area contributed by atoms with E-state index < -0.39 is 18.0 Å². The number of benzene rings is 2. The minimum atomic E-state index is -0.538. The van der Waals surface area contributed by atoms with Crippen LogP contribution in [0.2, 0.25) is 0 Å². The van der Waals surface area contributed by atoms with Crippen molar-refractivity contribution in [2.75, 3.05) is 44.0 Å². The molecule has 264 valence electrons. The van der Waals surface area contributed by atoms with Gasteiger partial charge in [0, 0.05) is 50.1 Å². The number of fused-ring (bicyclic) bond motifs is 1. The minimum absolute atomic E-state index is 0.132. The minimum Gasteiger partial charge on any atom is -0.490 e. The van der Waals surface area contributed by atoms with Gasteiger partial charge in [0.25, 0.3) is 5.91 Å². The van der Waals surface area contributed by atoms with Crippen LogP contribution in [0.25, 0.3) is 0 Å². The van der Waals surface area contributed by atoms with Gasteiger partial charge in [0.2, 0.25) is 0 Å². The van der Waals surface area contributed by atoms with Crippen LogP contribution in [0.4, 0.5) is 25.4 Å². The Kier molecular flexibility index (Phi) is 13.9. The van der Waals surface area contributed by atoms with Crippen LogP contribution >= 0.6 is 0 Å². The van der Waals surface area contributed by atoms with Crippen LogP contribution in [0.3, 0.4) is 0 Å². The number of anilines is 2. The molecule has 0 spiro atoms. The zero-order valence-corrected chi connectivity index (χ0v) is 28.7. The number of urea groups is 2. The van der Waals surface area contributed by atoms with Crippen LogP contribution in [0, 0.1) is 11.7 Å². The summed E-state index contributed by atoms with van der Waals surface area (Å²) in [5, 5.41) is 18.9. The number of rotatable bonds is 7. The fourth-order valence-electron chi connectivity index (χ4n) is 6.17. The Balaban J connectivity index is 1.55. The van der Waals surface area contributed by atoms with Crippen molar-refractivity contribution < 1.29 is 33.4 Å². The first-order valence-electron chi connectivity index (χ1n) is 17.2. The Labute approximate surface area is 283 Å². The molecule has 1 fully saturated rings. The molecule has 0 saturated heterocycles. The van der Waals surface area contributed by atoms with E-state index in [1.54, 1.807) is 37.1 Å². The van der Waals surface area contributed by atoms with Crippen molar-refractivity contribution in [2.45, 2.75) is 96.4 Å². The second-order valence-corrected chi connectivity index (χ2v) is 13.3. The van der Waals surface area contributed by atoms with Gasteiger partial charge in [-0.2, -0.15) is 0 Å². The van der Waals surface area contributed by atoms with Crippen LogP contribution in [-0.2, 0) is 4.74 Å². The molecule has 1 aliphatic carbocycles. The van der Waals surface area contributed by atoms with Gasteiger partial charge in [-0.05, 0) is 88.4 Å². The van der Waals surface area contributed by atoms with Crippen molar-refractivity contribution in [1.29, 1.82) is 0 Å². The van der Waals surface area contributed by atoms with E-state index in [0.717, 1.165) is 44.9 Å². The number of hydrogen-bond donors (Lipinski definition) is 4. The number of carbonyl (C=O) groups excluding carboxylic acids is 3. The van der Waals surface area contributed by atoms with Crippen molar-refractivity contribution in [1.82, 2.24) is 15.1 Å². The molecule has 48 heavy (non-hydrogen) atoms. The lowest BCUT2D eigenvalue weighted by molar-refractivity contribution is -0.0115. The van der Waals surface area contributed by atoms with Gasteiger partial charge in [0.05, 0.1) is 30.4 Å². The Morgan fingerprint density at radius 2 is 1.69 bits per heavy atom. The number of amides is 5. The summed E-state index contributed by atoms with van der Waals surface area (Å²) < 4.78 is 26.0. The molecule has 4 atom stereocenters. The average Bonchev–Trinajstić information content (AvgIpc) is 3.07. The molecule has 11 nitrogen and oxygen atoms in total. The third-order valence-corrected chi connectivity index (χ3v) is 9.15. The highest BCUT2D eigenvalue weighted by atomic mass is 19.1. The molecule has 4 N–H and O–H groups in total. The summed E-state index contributed by atoms with van der Waals surface area (Å²) in [6.07, 6.45) is 7.01. The molecular weight excluding hydrogens is 617 g/mol. The van der Waals surface area contributed by atoms with Crippen LogP contribution in [0.1, 0.15) is 82.5 Å². The van der Waals surface area contributed by atoms with E-state index in [0.29, 0.717) is 23.7 Å². The smallest absolute Gasteiger partial charge is 0.321 e. The molecule has 0 radical (unpaired) electrons. The monoisotopic (exact) mass is 669 g/mol. The average molecular weight is 670 g/mol. The summed E-state index contributed by atoms with van der Waals surface area (Å²) in [5.41, 5.74) is 1.22. The van der Waals surface area contributed by atoms with Crippen LogP contribution in [0.15, 0.2) is 42.5 Å². The van der Waals surface area contributed by atoms with Crippen molar-refractivity contribution in [3.05, 3.63) is 53.8 Å². The van der Waals surface area contributed by atoms with E-state index >= 15 is 0 Å². The molecule has 5 amide bonds. The quantitative estimate of drug-likeness (QED) is 0.276. The fourth-order valence-corrected chi connectivity index (χ4v) is 6.17. The predicted octanol–water partition coefficient (Wildman–Crippen LogP) is 6.24. The van der Waals surface area contributed by atoms with E-state index in [-0.39, 0.29) is 61.3 Å². The third-order valence-electron chi connectivity index (χ3n) is 9.15. The predicted molar refractivity (Wildman–Crippen MR) is 184 cm³/mol. The molecule has 1 heterocycles. The largest absolute Gasteiger partial charge is 0.490 e. The topological polar surface area (TPSA) is 132 Å². The first kappa shape index (κ1) is 36.9. The number of ether oxygens (including phenoxy) is 2. The van der Waals surface area contributed by atoms with E-state index in [1.807, 2.05) is 13.8 Å². The molecule has 0 bridgehead atoms. The van der Waals surface area contributed by atoms with Crippen molar-refractivity contribution in [3.8, 4) is 5.75 Å². The lowest BCUT2D eigenvalue weighted by Crippen LogP contribution is -2.48. The van der Waals surface area contributed by atoms with E-state index in [4.69, 9.17) is 9.47 Å². The SMILES string of the molecule is C[C@@H]1CCCCO[C@@H](CN(C)C(=O)Nc2ccc(F)cc2)[C@H](C)CN([C@@H](C)CO)C(=O)c2cc(NC(=O)NC3CCCCC3)ccc2O1. The van der Waals surface area contributed by atoms with Crippen LogP contribution < -0.4 is 20.7 Å². The summed E-state index contributed by atoms with van der Waals surface area (Å²) in [6, 6.07) is 9.55. The highest BCUT2D eigenvalue weighted by Crippen LogP contribution is 2.29. The van der Waals surface area contributed by atoms with Gasteiger partial charge in [0.1, 0.15) is 11.6 Å². The Morgan fingerprint density at radius 1 is 1.00 bits per heavy atom. The highest BCUT2D eigenvalue weighted by Gasteiger charge is 2.31. The number of likely N-dealkylation sites (N-methyl/N-ethyl adjacent to an activating group) is 1. The summed E-state index contributed by atoms with van der Waals surface area (Å²) >= 11 is 0.